The van der Waals surface area contributed by atoms with Crippen molar-refractivity contribution in [2.75, 3.05) is 20.6 Å². The summed E-state index contributed by atoms with van der Waals surface area (Å²) >= 11 is 0. The molecule has 0 radical (unpaired) electrons. The van der Waals surface area contributed by atoms with E-state index in [0.717, 1.165) is 22.0 Å². The fourth-order valence-corrected chi connectivity index (χ4v) is 3.62. The van der Waals surface area contributed by atoms with E-state index in [-0.39, 0.29) is 17.8 Å². The molecule has 1 atom stereocenters. The lowest BCUT2D eigenvalue weighted by molar-refractivity contribution is 0.0943. The Hall–Kier alpha value is -3.64. The van der Waals surface area contributed by atoms with Crippen LogP contribution in [0.3, 0.4) is 0 Å². The zero-order valence-electron chi connectivity index (χ0n) is 17.4. The second-order valence-electron chi connectivity index (χ2n) is 7.56. The van der Waals surface area contributed by atoms with Crippen molar-refractivity contribution in [3.05, 3.63) is 96.1 Å². The van der Waals surface area contributed by atoms with Gasteiger partial charge in [-0.1, -0.05) is 30.3 Å². The van der Waals surface area contributed by atoms with Crippen LogP contribution in [0.25, 0.3) is 22.2 Å². The molecule has 2 aromatic carbocycles. The Morgan fingerprint density at radius 1 is 1.06 bits per heavy atom. The highest BCUT2D eigenvalue weighted by molar-refractivity contribution is 6.07. The lowest BCUT2D eigenvalue weighted by Crippen LogP contribution is -2.34. The number of hydrogen-bond donors (Lipinski definition) is 1. The van der Waals surface area contributed by atoms with Crippen molar-refractivity contribution in [3.8, 4) is 11.3 Å². The molecular weight excluding hydrogens is 391 g/mol. The molecule has 1 amide bonds. The van der Waals surface area contributed by atoms with Crippen molar-refractivity contribution in [1.29, 1.82) is 0 Å². The molecule has 0 fully saturated rings. The molecular formula is C25H23FN4O. The number of amides is 1. The van der Waals surface area contributed by atoms with Crippen molar-refractivity contribution in [1.82, 2.24) is 20.2 Å². The van der Waals surface area contributed by atoms with Crippen LogP contribution in [0.4, 0.5) is 4.39 Å². The molecule has 1 unspecified atom stereocenters. The van der Waals surface area contributed by atoms with E-state index < -0.39 is 0 Å². The second kappa shape index (κ2) is 9.02. The maximum absolute atomic E-state index is 13.7. The van der Waals surface area contributed by atoms with Crippen LogP contribution in [0.15, 0.2) is 79.1 Å². The molecule has 2 heterocycles. The summed E-state index contributed by atoms with van der Waals surface area (Å²) in [6, 6.07) is 19.4. The number of rotatable bonds is 6. The average Bonchev–Trinajstić information content (AvgIpc) is 2.79. The number of pyridine rings is 2. The number of halogens is 1. The summed E-state index contributed by atoms with van der Waals surface area (Å²) in [5.74, 6) is -0.496. The first-order valence-corrected chi connectivity index (χ1v) is 10.0. The number of aromatic nitrogens is 2. The molecule has 6 heteroatoms. The maximum Gasteiger partial charge on any atom is 0.252 e. The van der Waals surface area contributed by atoms with Gasteiger partial charge in [-0.2, -0.15) is 0 Å². The van der Waals surface area contributed by atoms with Gasteiger partial charge in [0.1, 0.15) is 5.82 Å². The van der Waals surface area contributed by atoms with E-state index in [1.54, 1.807) is 24.5 Å². The van der Waals surface area contributed by atoms with E-state index >= 15 is 0 Å². The van der Waals surface area contributed by atoms with E-state index in [2.05, 4.69) is 10.3 Å². The molecule has 0 aliphatic carbocycles. The summed E-state index contributed by atoms with van der Waals surface area (Å²) in [4.78, 5) is 24.0. The molecule has 0 saturated heterocycles. The van der Waals surface area contributed by atoms with Crippen molar-refractivity contribution >= 4 is 16.8 Å². The number of nitrogens with one attached hydrogen (secondary N) is 1. The summed E-state index contributed by atoms with van der Waals surface area (Å²) in [6.07, 6.45) is 3.43. The maximum atomic E-state index is 13.7. The largest absolute Gasteiger partial charge is 0.350 e. The predicted molar refractivity (Wildman–Crippen MR) is 120 cm³/mol. The van der Waals surface area contributed by atoms with Gasteiger partial charge in [-0.15, -0.1) is 0 Å². The highest BCUT2D eigenvalue weighted by atomic mass is 19.1. The smallest absolute Gasteiger partial charge is 0.252 e. The zero-order valence-corrected chi connectivity index (χ0v) is 17.4. The molecule has 4 aromatic rings. The highest BCUT2D eigenvalue weighted by Crippen LogP contribution is 2.25. The minimum atomic E-state index is -0.295. The summed E-state index contributed by atoms with van der Waals surface area (Å²) in [6.45, 7) is 0.341. The van der Waals surface area contributed by atoms with Gasteiger partial charge in [-0.3, -0.25) is 9.78 Å². The van der Waals surface area contributed by atoms with Crippen LogP contribution in [0.1, 0.15) is 22.0 Å². The number of carbonyl (C=O) groups is 1. The van der Waals surface area contributed by atoms with Crippen LogP contribution in [-0.2, 0) is 0 Å². The Kier molecular flexibility index (Phi) is 6.00. The lowest BCUT2D eigenvalue weighted by atomic mass is 10.0. The number of fused-ring (bicyclic) bond motifs is 1. The van der Waals surface area contributed by atoms with E-state index in [1.807, 2.05) is 61.5 Å². The molecule has 156 valence electrons. The van der Waals surface area contributed by atoms with Gasteiger partial charge >= 0.3 is 0 Å². The summed E-state index contributed by atoms with van der Waals surface area (Å²) in [5.41, 5.74) is 3.62. The van der Waals surface area contributed by atoms with Gasteiger partial charge in [0.05, 0.1) is 22.8 Å². The first kappa shape index (κ1) is 20.6. The number of carbonyl (C=O) groups excluding carboxylic acids is 1. The van der Waals surface area contributed by atoms with Crippen molar-refractivity contribution in [2.24, 2.45) is 0 Å². The number of benzene rings is 2. The van der Waals surface area contributed by atoms with Gasteiger partial charge < -0.3 is 10.2 Å². The standard InChI is InChI=1S/C25H23FN4O/c1-30(2)24(17-7-5-9-19(26)13-17)16-28-25(31)21-14-23(18-8-6-12-27-15-18)29-22-11-4-3-10-20(21)22/h3-15,24H,16H2,1-2H3,(H,28,31). The van der Waals surface area contributed by atoms with Crippen LogP contribution >= 0.6 is 0 Å². The van der Waals surface area contributed by atoms with Crippen molar-refractivity contribution < 1.29 is 9.18 Å². The number of likely N-dealkylation sites (N-methyl/N-ethyl adjacent to an activating group) is 1. The molecule has 31 heavy (non-hydrogen) atoms. The molecule has 0 bridgehead atoms. The van der Waals surface area contributed by atoms with E-state index in [4.69, 9.17) is 4.98 Å². The first-order valence-electron chi connectivity index (χ1n) is 10.0. The lowest BCUT2D eigenvalue weighted by Gasteiger charge is -2.25. The van der Waals surface area contributed by atoms with E-state index in [0.29, 0.717) is 17.8 Å². The van der Waals surface area contributed by atoms with Crippen LogP contribution in [0.5, 0.6) is 0 Å². The summed E-state index contributed by atoms with van der Waals surface area (Å²) in [5, 5.41) is 3.80. The van der Waals surface area contributed by atoms with Crippen LogP contribution in [-0.4, -0.2) is 41.4 Å². The fourth-order valence-electron chi connectivity index (χ4n) is 3.62. The second-order valence-corrected chi connectivity index (χ2v) is 7.56. The Labute approximate surface area is 180 Å². The van der Waals surface area contributed by atoms with Gasteiger partial charge in [0, 0.05) is 29.9 Å². The Morgan fingerprint density at radius 3 is 2.65 bits per heavy atom. The molecule has 0 saturated carbocycles. The third kappa shape index (κ3) is 4.59. The third-order valence-corrected chi connectivity index (χ3v) is 5.23. The minimum absolute atomic E-state index is 0.162. The van der Waals surface area contributed by atoms with Gasteiger partial charge in [-0.25, -0.2) is 9.37 Å². The molecule has 5 nitrogen and oxygen atoms in total. The van der Waals surface area contributed by atoms with Crippen molar-refractivity contribution in [2.45, 2.75) is 6.04 Å². The molecule has 1 N–H and O–H groups in total. The van der Waals surface area contributed by atoms with Gasteiger partial charge in [0.2, 0.25) is 0 Å². The Balaban J connectivity index is 1.65. The molecule has 0 spiro atoms. The van der Waals surface area contributed by atoms with Gasteiger partial charge in [-0.05, 0) is 56.1 Å². The molecule has 0 aliphatic rings. The van der Waals surface area contributed by atoms with E-state index in [1.165, 1.54) is 12.1 Å². The van der Waals surface area contributed by atoms with Gasteiger partial charge in [0.15, 0.2) is 0 Å². The van der Waals surface area contributed by atoms with Gasteiger partial charge in [0.25, 0.3) is 5.91 Å². The highest BCUT2D eigenvalue weighted by Gasteiger charge is 2.18. The monoisotopic (exact) mass is 414 g/mol. The zero-order chi connectivity index (χ0) is 21.8. The Morgan fingerprint density at radius 2 is 1.90 bits per heavy atom. The number of para-hydroxylation sites is 1. The number of hydrogen-bond acceptors (Lipinski definition) is 4. The summed E-state index contributed by atoms with van der Waals surface area (Å²) < 4.78 is 13.7. The third-order valence-electron chi connectivity index (χ3n) is 5.23. The normalized spacial score (nSPS) is 12.1. The molecule has 2 aromatic heterocycles. The molecule has 4 rings (SSSR count). The quantitative estimate of drug-likeness (QED) is 0.506. The minimum Gasteiger partial charge on any atom is -0.350 e. The predicted octanol–water partition coefficient (Wildman–Crippen LogP) is 4.47. The average molecular weight is 414 g/mol. The van der Waals surface area contributed by atoms with Crippen LogP contribution in [0.2, 0.25) is 0 Å². The van der Waals surface area contributed by atoms with E-state index in [9.17, 15) is 9.18 Å². The topological polar surface area (TPSA) is 58.1 Å². The van der Waals surface area contributed by atoms with Crippen LogP contribution < -0.4 is 5.32 Å². The summed E-state index contributed by atoms with van der Waals surface area (Å²) in [7, 11) is 3.81. The van der Waals surface area contributed by atoms with Crippen molar-refractivity contribution in [3.63, 3.8) is 0 Å². The Bertz CT molecular complexity index is 1210. The molecule has 0 aliphatic heterocycles. The fraction of sp³-hybridized carbons (Fsp3) is 0.160. The SMILES string of the molecule is CN(C)C(CNC(=O)c1cc(-c2cccnc2)nc2ccccc12)c1cccc(F)c1. The first-order chi connectivity index (χ1) is 15.0. The number of nitrogens with zero attached hydrogens (tertiary/aromatic N) is 3. The van der Waals surface area contributed by atoms with Crippen LogP contribution in [0, 0.1) is 5.82 Å².